The van der Waals surface area contributed by atoms with E-state index in [1.165, 1.54) is 0 Å². The highest BCUT2D eigenvalue weighted by molar-refractivity contribution is 6.50. The number of halogens is 2. The summed E-state index contributed by atoms with van der Waals surface area (Å²) in [7, 11) is 1.67. The highest BCUT2D eigenvalue weighted by Crippen LogP contribution is 2.54. The summed E-state index contributed by atoms with van der Waals surface area (Å²) in [4.78, 5) is 0. The van der Waals surface area contributed by atoms with Gasteiger partial charge in [-0.25, -0.2) is 0 Å². The Morgan fingerprint density at radius 2 is 2.18 bits per heavy atom. The molecule has 4 nitrogen and oxygen atoms in total. The fraction of sp³-hybridized carbons (Fsp3) is 1.00. The van der Waals surface area contributed by atoms with Crippen molar-refractivity contribution in [2.45, 2.75) is 48.5 Å². The van der Waals surface area contributed by atoms with E-state index in [0.29, 0.717) is 0 Å². The Bertz CT molecular complexity index is 278. The number of methoxy groups -OCH3 is 1. The summed E-state index contributed by atoms with van der Waals surface area (Å²) in [6.45, 7) is 2.87. The zero-order valence-electron chi connectivity index (χ0n) is 10.1. The van der Waals surface area contributed by atoms with Crippen LogP contribution < -0.4 is 10.6 Å². The first-order valence-electron chi connectivity index (χ1n) is 6.04. The van der Waals surface area contributed by atoms with Crippen LogP contribution in [0.5, 0.6) is 0 Å². The molecule has 3 N–H and O–H groups in total. The molecule has 100 valence electrons. The molecule has 5 atom stereocenters. The van der Waals surface area contributed by atoms with Gasteiger partial charge in [-0.1, -0.05) is 0 Å². The van der Waals surface area contributed by atoms with Gasteiger partial charge in [0.05, 0.1) is 12.1 Å². The normalized spacial score (nSPS) is 39.0. The SMILES string of the molecule is COC1CCNC1C(O)NC(C)C1CC1(Cl)Cl. The predicted molar refractivity (Wildman–Crippen MR) is 68.4 cm³/mol. The molecule has 0 aromatic rings. The first-order valence-corrected chi connectivity index (χ1v) is 6.79. The molecular weight excluding hydrogens is 263 g/mol. The summed E-state index contributed by atoms with van der Waals surface area (Å²) in [6.07, 6.45) is 1.12. The number of ether oxygens (including phenoxy) is 1. The maximum atomic E-state index is 10.1. The van der Waals surface area contributed by atoms with Gasteiger partial charge >= 0.3 is 0 Å². The van der Waals surface area contributed by atoms with E-state index in [0.717, 1.165) is 19.4 Å². The molecule has 0 spiro atoms. The molecule has 2 aliphatic rings. The third-order valence-corrected chi connectivity index (χ3v) is 4.63. The van der Waals surface area contributed by atoms with Gasteiger partial charge in [-0.15, -0.1) is 23.2 Å². The molecule has 1 saturated heterocycles. The first-order chi connectivity index (χ1) is 7.95. The van der Waals surface area contributed by atoms with E-state index in [-0.39, 0.29) is 24.1 Å². The van der Waals surface area contributed by atoms with Crippen molar-refractivity contribution in [2.75, 3.05) is 13.7 Å². The molecule has 6 heteroatoms. The Morgan fingerprint density at radius 3 is 2.71 bits per heavy atom. The molecule has 2 rings (SSSR count). The topological polar surface area (TPSA) is 53.5 Å². The average Bonchev–Trinajstić information content (AvgIpc) is 2.74. The van der Waals surface area contributed by atoms with Crippen LogP contribution in [0.3, 0.4) is 0 Å². The van der Waals surface area contributed by atoms with Gasteiger partial charge in [-0.2, -0.15) is 0 Å². The predicted octanol–water partition coefficient (Wildman–Crippen LogP) is 0.854. The summed E-state index contributed by atoms with van der Waals surface area (Å²) >= 11 is 12.0. The molecule has 17 heavy (non-hydrogen) atoms. The number of rotatable bonds is 5. The van der Waals surface area contributed by atoms with Gasteiger partial charge in [0, 0.05) is 19.1 Å². The second-order valence-corrected chi connectivity index (χ2v) is 6.56. The van der Waals surface area contributed by atoms with E-state index in [1.807, 2.05) is 6.92 Å². The van der Waals surface area contributed by atoms with Crippen molar-refractivity contribution >= 4 is 23.2 Å². The zero-order valence-corrected chi connectivity index (χ0v) is 11.6. The van der Waals surface area contributed by atoms with Gasteiger partial charge in [0.2, 0.25) is 0 Å². The number of aliphatic hydroxyl groups is 1. The van der Waals surface area contributed by atoms with Crippen LogP contribution >= 0.6 is 23.2 Å². The molecule has 0 radical (unpaired) electrons. The number of aliphatic hydroxyl groups excluding tert-OH is 1. The minimum atomic E-state index is -0.637. The molecule has 5 unspecified atom stereocenters. The Labute approximate surface area is 112 Å². The third kappa shape index (κ3) is 3.06. The summed E-state index contributed by atoms with van der Waals surface area (Å²) < 4.78 is 4.71. The lowest BCUT2D eigenvalue weighted by Crippen LogP contribution is -2.53. The number of nitrogens with one attached hydrogen (secondary N) is 2. The lowest BCUT2D eigenvalue weighted by atomic mass is 10.1. The largest absolute Gasteiger partial charge is 0.380 e. The standard InChI is InChI=1S/C11H20Cl2N2O2/c1-6(7-5-11(7,12)13)15-10(16)9-8(17-2)3-4-14-9/h6-10,14-16H,3-5H2,1-2H3. The Morgan fingerprint density at radius 1 is 1.53 bits per heavy atom. The van der Waals surface area contributed by atoms with Crippen LogP contribution in [0.25, 0.3) is 0 Å². The minimum Gasteiger partial charge on any atom is -0.380 e. The molecule has 0 amide bonds. The van der Waals surface area contributed by atoms with Crippen molar-refractivity contribution in [3.8, 4) is 0 Å². The number of hydrogen-bond acceptors (Lipinski definition) is 4. The third-order valence-electron chi connectivity index (χ3n) is 3.76. The van der Waals surface area contributed by atoms with Crippen LogP contribution in [0.15, 0.2) is 0 Å². The zero-order chi connectivity index (χ0) is 12.6. The van der Waals surface area contributed by atoms with Crippen molar-refractivity contribution in [3.63, 3.8) is 0 Å². The Kier molecular flexibility index (Phi) is 4.23. The molecule has 0 aromatic carbocycles. The lowest BCUT2D eigenvalue weighted by Gasteiger charge is -2.27. The summed E-state index contributed by atoms with van der Waals surface area (Å²) in [5.74, 6) is 0.211. The number of alkyl halides is 2. The highest BCUT2D eigenvalue weighted by atomic mass is 35.5. The molecule has 1 aliphatic carbocycles. The Hall–Kier alpha value is 0.420. The summed E-state index contributed by atoms with van der Waals surface area (Å²) in [6, 6.07) is 0.0288. The maximum absolute atomic E-state index is 10.1. The second kappa shape index (κ2) is 5.19. The molecule has 1 saturated carbocycles. The highest BCUT2D eigenvalue weighted by Gasteiger charge is 2.54. The molecule has 2 fully saturated rings. The average molecular weight is 283 g/mol. The van der Waals surface area contributed by atoms with Gasteiger partial charge in [0.25, 0.3) is 0 Å². The molecule has 0 bridgehead atoms. The van der Waals surface area contributed by atoms with Gasteiger partial charge in [0.1, 0.15) is 10.6 Å². The lowest BCUT2D eigenvalue weighted by molar-refractivity contribution is 0.0121. The smallest absolute Gasteiger partial charge is 0.123 e. The maximum Gasteiger partial charge on any atom is 0.123 e. The van der Waals surface area contributed by atoms with Crippen molar-refractivity contribution in [1.29, 1.82) is 0 Å². The van der Waals surface area contributed by atoms with Crippen molar-refractivity contribution in [2.24, 2.45) is 5.92 Å². The van der Waals surface area contributed by atoms with Crippen LogP contribution in [0.1, 0.15) is 19.8 Å². The molecular formula is C11H20Cl2N2O2. The monoisotopic (exact) mass is 282 g/mol. The van der Waals surface area contributed by atoms with Crippen LogP contribution in [0.4, 0.5) is 0 Å². The van der Waals surface area contributed by atoms with Gasteiger partial charge in [-0.3, -0.25) is 5.32 Å². The second-order valence-electron chi connectivity index (χ2n) is 5.01. The van der Waals surface area contributed by atoms with Crippen molar-refractivity contribution in [3.05, 3.63) is 0 Å². The van der Waals surface area contributed by atoms with E-state index >= 15 is 0 Å². The van der Waals surface area contributed by atoms with Crippen LogP contribution in [-0.4, -0.2) is 47.5 Å². The van der Waals surface area contributed by atoms with E-state index in [1.54, 1.807) is 7.11 Å². The molecule has 0 aromatic heterocycles. The van der Waals surface area contributed by atoms with E-state index in [2.05, 4.69) is 10.6 Å². The van der Waals surface area contributed by atoms with Gasteiger partial charge in [0.15, 0.2) is 0 Å². The number of hydrogen-bond donors (Lipinski definition) is 3. The first kappa shape index (κ1) is 13.8. The van der Waals surface area contributed by atoms with Crippen LogP contribution in [0, 0.1) is 5.92 Å². The molecule has 1 heterocycles. The van der Waals surface area contributed by atoms with E-state index in [4.69, 9.17) is 27.9 Å². The van der Waals surface area contributed by atoms with Gasteiger partial charge in [-0.05, 0) is 26.3 Å². The van der Waals surface area contributed by atoms with Crippen LogP contribution in [-0.2, 0) is 4.74 Å². The van der Waals surface area contributed by atoms with Crippen LogP contribution in [0.2, 0.25) is 0 Å². The fourth-order valence-corrected chi connectivity index (χ4v) is 3.26. The quantitative estimate of drug-likeness (QED) is 0.517. The summed E-state index contributed by atoms with van der Waals surface area (Å²) in [5, 5.41) is 16.5. The van der Waals surface area contributed by atoms with E-state index < -0.39 is 10.6 Å². The van der Waals surface area contributed by atoms with Gasteiger partial charge < -0.3 is 15.2 Å². The van der Waals surface area contributed by atoms with E-state index in [9.17, 15) is 5.11 Å². The summed E-state index contributed by atoms with van der Waals surface area (Å²) in [5.41, 5.74) is 0. The van der Waals surface area contributed by atoms with Crippen molar-refractivity contribution < 1.29 is 9.84 Å². The molecule has 1 aliphatic heterocycles. The van der Waals surface area contributed by atoms with Crippen molar-refractivity contribution in [1.82, 2.24) is 10.6 Å². The minimum absolute atomic E-state index is 0.0562. The Balaban J connectivity index is 1.82. The fourth-order valence-electron chi connectivity index (χ4n) is 2.55.